The van der Waals surface area contributed by atoms with Gasteiger partial charge in [0.15, 0.2) is 0 Å². The molecule has 2 aromatic rings. The van der Waals surface area contributed by atoms with Crippen LogP contribution >= 0.6 is 11.6 Å². The van der Waals surface area contributed by atoms with E-state index in [0.717, 1.165) is 11.4 Å². The van der Waals surface area contributed by atoms with Gasteiger partial charge in [-0.3, -0.25) is 9.48 Å². The average molecular weight is 279 g/mol. The number of rotatable bonds is 3. The van der Waals surface area contributed by atoms with Crippen LogP contribution in [0.1, 0.15) is 11.4 Å². The lowest BCUT2D eigenvalue weighted by Gasteiger charge is -2.09. The van der Waals surface area contributed by atoms with Crippen LogP contribution in [0.15, 0.2) is 24.3 Å². The van der Waals surface area contributed by atoms with Gasteiger partial charge in [-0.15, -0.1) is 0 Å². The van der Waals surface area contributed by atoms with Crippen molar-refractivity contribution in [3.63, 3.8) is 0 Å². The molecule has 0 aliphatic heterocycles. The zero-order valence-electron chi connectivity index (χ0n) is 10.8. The SMILES string of the molecule is Cc1cc(C)n(CC(=O)Nc2cc(N)ccc2Cl)n1. The summed E-state index contributed by atoms with van der Waals surface area (Å²) in [5, 5.41) is 7.41. The second-order valence-electron chi connectivity index (χ2n) is 4.37. The first-order chi connectivity index (χ1) is 8.95. The van der Waals surface area contributed by atoms with Crippen LogP contribution in [0.4, 0.5) is 11.4 Å². The number of anilines is 2. The van der Waals surface area contributed by atoms with Crippen molar-refractivity contribution in [2.75, 3.05) is 11.1 Å². The van der Waals surface area contributed by atoms with E-state index in [1.54, 1.807) is 22.9 Å². The first-order valence-electron chi connectivity index (χ1n) is 5.81. The Morgan fingerprint density at radius 3 is 2.79 bits per heavy atom. The molecule has 1 amide bonds. The largest absolute Gasteiger partial charge is 0.399 e. The maximum Gasteiger partial charge on any atom is 0.246 e. The van der Waals surface area contributed by atoms with Gasteiger partial charge in [0, 0.05) is 11.4 Å². The summed E-state index contributed by atoms with van der Waals surface area (Å²) in [5.74, 6) is -0.196. The van der Waals surface area contributed by atoms with Crippen molar-refractivity contribution >= 4 is 28.9 Å². The van der Waals surface area contributed by atoms with Gasteiger partial charge in [0.1, 0.15) is 6.54 Å². The van der Waals surface area contributed by atoms with Crippen molar-refractivity contribution in [3.8, 4) is 0 Å². The van der Waals surface area contributed by atoms with Gasteiger partial charge in [-0.2, -0.15) is 5.10 Å². The normalized spacial score (nSPS) is 10.5. The van der Waals surface area contributed by atoms with E-state index in [2.05, 4.69) is 10.4 Å². The molecule has 1 aromatic heterocycles. The average Bonchev–Trinajstić information content (AvgIpc) is 2.62. The molecule has 0 fully saturated rings. The van der Waals surface area contributed by atoms with E-state index < -0.39 is 0 Å². The molecule has 5 nitrogen and oxygen atoms in total. The number of nitrogens with one attached hydrogen (secondary N) is 1. The maximum atomic E-state index is 11.9. The molecule has 0 aliphatic rings. The van der Waals surface area contributed by atoms with Crippen LogP contribution in [0.3, 0.4) is 0 Å². The van der Waals surface area contributed by atoms with Gasteiger partial charge >= 0.3 is 0 Å². The zero-order valence-corrected chi connectivity index (χ0v) is 11.5. The Kier molecular flexibility index (Phi) is 3.76. The highest BCUT2D eigenvalue weighted by molar-refractivity contribution is 6.33. The first kappa shape index (κ1) is 13.4. The molecule has 0 bridgehead atoms. The van der Waals surface area contributed by atoms with Crippen molar-refractivity contribution in [2.45, 2.75) is 20.4 Å². The highest BCUT2D eigenvalue weighted by Gasteiger charge is 2.09. The third-order valence-electron chi connectivity index (χ3n) is 2.66. The van der Waals surface area contributed by atoms with Crippen LogP contribution in [0.5, 0.6) is 0 Å². The van der Waals surface area contributed by atoms with Gasteiger partial charge in [-0.1, -0.05) is 11.6 Å². The van der Waals surface area contributed by atoms with Crippen LogP contribution in [0.25, 0.3) is 0 Å². The smallest absolute Gasteiger partial charge is 0.246 e. The van der Waals surface area contributed by atoms with E-state index in [0.29, 0.717) is 16.4 Å². The Hall–Kier alpha value is -2.01. The number of amides is 1. The van der Waals surface area contributed by atoms with Crippen LogP contribution < -0.4 is 11.1 Å². The van der Waals surface area contributed by atoms with E-state index >= 15 is 0 Å². The molecule has 0 atom stereocenters. The summed E-state index contributed by atoms with van der Waals surface area (Å²) in [6.45, 7) is 3.93. The van der Waals surface area contributed by atoms with Gasteiger partial charge in [0.25, 0.3) is 0 Å². The molecule has 0 unspecified atom stereocenters. The standard InChI is InChI=1S/C13H15ClN4O/c1-8-5-9(2)18(17-8)7-13(19)16-12-6-10(15)3-4-11(12)14/h3-6H,7,15H2,1-2H3,(H,16,19). The number of benzene rings is 1. The molecule has 3 N–H and O–H groups in total. The van der Waals surface area contributed by atoms with Crippen LogP contribution in [-0.2, 0) is 11.3 Å². The Labute approximate surface area is 116 Å². The fourth-order valence-electron chi connectivity index (χ4n) is 1.80. The molecule has 0 spiro atoms. The highest BCUT2D eigenvalue weighted by atomic mass is 35.5. The van der Waals surface area contributed by atoms with Crippen molar-refractivity contribution in [1.82, 2.24) is 9.78 Å². The lowest BCUT2D eigenvalue weighted by atomic mass is 10.3. The molecule has 19 heavy (non-hydrogen) atoms. The number of nitrogen functional groups attached to an aromatic ring is 1. The summed E-state index contributed by atoms with van der Waals surface area (Å²) in [4.78, 5) is 11.9. The van der Waals surface area contributed by atoms with E-state index in [4.69, 9.17) is 17.3 Å². The molecule has 1 aromatic carbocycles. The number of aromatic nitrogens is 2. The van der Waals surface area contributed by atoms with Crippen molar-refractivity contribution in [3.05, 3.63) is 40.7 Å². The number of hydrogen-bond donors (Lipinski definition) is 2. The molecule has 0 radical (unpaired) electrons. The zero-order chi connectivity index (χ0) is 14.0. The number of aryl methyl sites for hydroxylation is 2. The summed E-state index contributed by atoms with van der Waals surface area (Å²) in [7, 11) is 0. The Balaban J connectivity index is 2.09. The second-order valence-corrected chi connectivity index (χ2v) is 4.78. The number of carbonyl (C=O) groups is 1. The number of nitrogens with zero attached hydrogens (tertiary/aromatic N) is 2. The number of halogens is 1. The highest BCUT2D eigenvalue weighted by Crippen LogP contribution is 2.24. The molecule has 100 valence electrons. The molecule has 6 heteroatoms. The molecule has 2 rings (SSSR count). The lowest BCUT2D eigenvalue weighted by molar-refractivity contribution is -0.116. The molecular formula is C13H15ClN4O. The summed E-state index contributed by atoms with van der Waals surface area (Å²) in [6.07, 6.45) is 0. The van der Waals surface area contributed by atoms with Crippen molar-refractivity contribution < 1.29 is 4.79 Å². The van der Waals surface area contributed by atoms with Crippen LogP contribution in [0, 0.1) is 13.8 Å². The fourth-order valence-corrected chi connectivity index (χ4v) is 1.96. The van der Waals surface area contributed by atoms with Gasteiger partial charge in [-0.05, 0) is 38.1 Å². The third-order valence-corrected chi connectivity index (χ3v) is 2.99. The van der Waals surface area contributed by atoms with Crippen LogP contribution in [0.2, 0.25) is 5.02 Å². The van der Waals surface area contributed by atoms with E-state index in [1.165, 1.54) is 0 Å². The van der Waals surface area contributed by atoms with Gasteiger partial charge < -0.3 is 11.1 Å². The molecule has 0 saturated heterocycles. The molecule has 0 saturated carbocycles. The first-order valence-corrected chi connectivity index (χ1v) is 6.19. The van der Waals surface area contributed by atoms with Crippen molar-refractivity contribution in [2.24, 2.45) is 0 Å². The Bertz CT molecular complexity index is 621. The molecular weight excluding hydrogens is 264 g/mol. The monoisotopic (exact) mass is 278 g/mol. The Morgan fingerprint density at radius 2 is 2.16 bits per heavy atom. The predicted octanol–water partition coefficient (Wildman–Crippen LogP) is 2.37. The minimum absolute atomic E-state index is 0.144. The quantitative estimate of drug-likeness (QED) is 0.847. The summed E-state index contributed by atoms with van der Waals surface area (Å²) in [5.41, 5.74) is 8.53. The maximum absolute atomic E-state index is 11.9. The van der Waals surface area contributed by atoms with E-state index in [1.807, 2.05) is 19.9 Å². The van der Waals surface area contributed by atoms with Gasteiger partial charge in [0.2, 0.25) is 5.91 Å². The molecule has 1 heterocycles. The van der Waals surface area contributed by atoms with E-state index in [9.17, 15) is 4.79 Å². The van der Waals surface area contributed by atoms with E-state index in [-0.39, 0.29) is 12.5 Å². The Morgan fingerprint density at radius 1 is 1.42 bits per heavy atom. The summed E-state index contributed by atoms with van der Waals surface area (Å²) >= 11 is 5.99. The summed E-state index contributed by atoms with van der Waals surface area (Å²) in [6, 6.07) is 6.87. The number of hydrogen-bond acceptors (Lipinski definition) is 3. The van der Waals surface area contributed by atoms with Gasteiger partial charge in [0.05, 0.1) is 16.4 Å². The lowest BCUT2D eigenvalue weighted by Crippen LogP contribution is -2.20. The number of carbonyl (C=O) groups excluding carboxylic acids is 1. The summed E-state index contributed by atoms with van der Waals surface area (Å²) < 4.78 is 1.64. The fraction of sp³-hybridized carbons (Fsp3) is 0.231. The number of nitrogens with two attached hydrogens (primary N) is 1. The third kappa shape index (κ3) is 3.26. The molecule has 0 aliphatic carbocycles. The predicted molar refractivity (Wildman–Crippen MR) is 76.2 cm³/mol. The van der Waals surface area contributed by atoms with Gasteiger partial charge in [-0.25, -0.2) is 0 Å². The second kappa shape index (κ2) is 5.32. The topological polar surface area (TPSA) is 72.9 Å². The van der Waals surface area contributed by atoms with Crippen molar-refractivity contribution in [1.29, 1.82) is 0 Å². The minimum Gasteiger partial charge on any atom is -0.399 e. The minimum atomic E-state index is -0.196. The van der Waals surface area contributed by atoms with Crippen LogP contribution in [-0.4, -0.2) is 15.7 Å².